The molecule has 0 saturated carbocycles. The fraction of sp³-hybridized carbons (Fsp3) is 0.222. The van der Waals surface area contributed by atoms with Crippen LogP contribution in [-0.4, -0.2) is 25.1 Å². The number of carbonyl (C=O) groups is 1. The summed E-state index contributed by atoms with van der Waals surface area (Å²) >= 11 is 0. The smallest absolute Gasteiger partial charge is 0.457 e. The first-order valence-electron chi connectivity index (χ1n) is 8.36. The molecule has 164 valence electrons. The van der Waals surface area contributed by atoms with E-state index in [0.717, 1.165) is 24.3 Å². The topological polar surface area (TPSA) is 140 Å². The minimum Gasteiger partial charge on any atom is -0.457 e. The predicted molar refractivity (Wildman–Crippen MR) is 93.9 cm³/mol. The maximum atomic E-state index is 13.7. The van der Waals surface area contributed by atoms with Crippen LogP contribution >= 0.6 is 0 Å². The summed E-state index contributed by atoms with van der Waals surface area (Å²) in [4.78, 5) is 9.96. The molecule has 2 aromatic carbocycles. The molecule has 3 N–H and O–H groups in total. The Morgan fingerprint density at radius 2 is 1.90 bits per heavy atom. The molecule has 2 aromatic rings. The van der Waals surface area contributed by atoms with Crippen molar-refractivity contribution >= 4 is 15.9 Å². The number of nitriles is 1. The van der Waals surface area contributed by atoms with E-state index >= 15 is 0 Å². The molecule has 0 aliphatic heterocycles. The molecule has 13 heteroatoms. The molecule has 0 fully saturated rings. The SMILES string of the molecule is N#Cc1cc(F)cc(Oc2ccc(S(=O)(=O)C(F)(F)F)c3c2[C@H](OC(N)=O)C[C@@H]3O)c1. The van der Waals surface area contributed by atoms with Gasteiger partial charge >= 0.3 is 11.6 Å². The first kappa shape index (κ1) is 22.3. The predicted octanol–water partition coefficient (Wildman–Crippen LogP) is 3.36. The van der Waals surface area contributed by atoms with Crippen LogP contribution in [-0.2, 0) is 14.6 Å². The lowest BCUT2D eigenvalue weighted by Gasteiger charge is -2.18. The van der Waals surface area contributed by atoms with E-state index < -0.39 is 56.3 Å². The van der Waals surface area contributed by atoms with Gasteiger partial charge in [-0.3, -0.25) is 0 Å². The van der Waals surface area contributed by atoms with Gasteiger partial charge in [-0.15, -0.1) is 0 Å². The lowest BCUT2D eigenvalue weighted by atomic mass is 10.1. The van der Waals surface area contributed by atoms with Gasteiger partial charge in [-0.1, -0.05) is 0 Å². The number of nitrogens with zero attached hydrogens (tertiary/aromatic N) is 1. The number of aliphatic hydroxyl groups is 1. The van der Waals surface area contributed by atoms with Crippen LogP contribution in [0.25, 0.3) is 0 Å². The summed E-state index contributed by atoms with van der Waals surface area (Å²) in [5.41, 5.74) is -1.90. The molecule has 1 aliphatic carbocycles. The number of alkyl halides is 3. The monoisotopic (exact) mass is 460 g/mol. The Hall–Kier alpha value is -3.37. The van der Waals surface area contributed by atoms with Gasteiger partial charge in [0, 0.05) is 23.6 Å². The zero-order valence-corrected chi connectivity index (χ0v) is 16.0. The summed E-state index contributed by atoms with van der Waals surface area (Å²) in [6.07, 6.45) is -5.04. The Bertz CT molecular complexity index is 1210. The molecular formula is C18H12F4N2O6S. The summed E-state index contributed by atoms with van der Waals surface area (Å²) in [5.74, 6) is -1.43. The number of carbonyl (C=O) groups excluding carboxylic acids is 1. The molecular weight excluding hydrogens is 448 g/mol. The molecule has 0 saturated heterocycles. The number of sulfone groups is 1. The van der Waals surface area contributed by atoms with Gasteiger partial charge in [-0.05, 0) is 24.3 Å². The summed E-state index contributed by atoms with van der Waals surface area (Å²) < 4.78 is 87.3. The number of fused-ring (bicyclic) bond motifs is 1. The van der Waals surface area contributed by atoms with Crippen molar-refractivity contribution in [2.45, 2.75) is 29.0 Å². The van der Waals surface area contributed by atoms with Crippen LogP contribution in [0.5, 0.6) is 11.5 Å². The van der Waals surface area contributed by atoms with Crippen molar-refractivity contribution in [2.75, 3.05) is 0 Å². The third-order valence-corrected chi connectivity index (χ3v) is 5.92. The number of ether oxygens (including phenoxy) is 2. The Labute approximate surface area is 172 Å². The Morgan fingerprint density at radius 1 is 1.23 bits per heavy atom. The van der Waals surface area contributed by atoms with Crippen molar-refractivity contribution in [3.8, 4) is 17.6 Å². The Morgan fingerprint density at radius 3 is 2.48 bits per heavy atom. The van der Waals surface area contributed by atoms with E-state index in [4.69, 9.17) is 20.5 Å². The molecule has 0 heterocycles. The zero-order chi connectivity index (χ0) is 23.1. The van der Waals surface area contributed by atoms with Gasteiger partial charge in [0.15, 0.2) is 0 Å². The summed E-state index contributed by atoms with van der Waals surface area (Å²) in [5, 5.41) is 19.2. The number of hydrogen-bond acceptors (Lipinski definition) is 7. The van der Waals surface area contributed by atoms with Gasteiger partial charge < -0.3 is 20.3 Å². The average molecular weight is 460 g/mol. The number of rotatable bonds is 4. The van der Waals surface area contributed by atoms with Crippen LogP contribution in [0.15, 0.2) is 35.2 Å². The van der Waals surface area contributed by atoms with Crippen LogP contribution < -0.4 is 10.5 Å². The van der Waals surface area contributed by atoms with E-state index in [1.165, 1.54) is 0 Å². The largest absolute Gasteiger partial charge is 0.501 e. The maximum Gasteiger partial charge on any atom is 0.501 e. The highest BCUT2D eigenvalue weighted by atomic mass is 32.2. The van der Waals surface area contributed by atoms with Crippen LogP contribution in [0.3, 0.4) is 0 Å². The Balaban J connectivity index is 2.22. The molecule has 0 spiro atoms. The van der Waals surface area contributed by atoms with Crippen molar-refractivity contribution in [2.24, 2.45) is 5.73 Å². The van der Waals surface area contributed by atoms with E-state index in [1.807, 2.05) is 0 Å². The molecule has 2 atom stereocenters. The van der Waals surface area contributed by atoms with E-state index in [-0.39, 0.29) is 22.6 Å². The van der Waals surface area contributed by atoms with Crippen LogP contribution in [0, 0.1) is 17.1 Å². The first-order valence-corrected chi connectivity index (χ1v) is 9.84. The van der Waals surface area contributed by atoms with E-state index in [1.54, 1.807) is 6.07 Å². The van der Waals surface area contributed by atoms with Gasteiger partial charge in [-0.2, -0.15) is 18.4 Å². The van der Waals surface area contributed by atoms with Crippen molar-refractivity contribution in [1.82, 2.24) is 0 Å². The molecule has 1 amide bonds. The minimum atomic E-state index is -5.88. The number of amides is 1. The van der Waals surface area contributed by atoms with E-state index in [0.29, 0.717) is 6.07 Å². The lowest BCUT2D eigenvalue weighted by molar-refractivity contribution is -0.0437. The van der Waals surface area contributed by atoms with Crippen molar-refractivity contribution in [1.29, 1.82) is 5.26 Å². The van der Waals surface area contributed by atoms with Gasteiger partial charge in [0.05, 0.1) is 22.6 Å². The molecule has 0 unspecified atom stereocenters. The highest BCUT2D eigenvalue weighted by Crippen LogP contribution is 2.50. The number of primary amides is 1. The fourth-order valence-electron chi connectivity index (χ4n) is 3.22. The number of hydrogen-bond donors (Lipinski definition) is 2. The van der Waals surface area contributed by atoms with E-state index in [2.05, 4.69) is 0 Å². The zero-order valence-electron chi connectivity index (χ0n) is 15.2. The van der Waals surface area contributed by atoms with Crippen molar-refractivity contribution < 1.29 is 45.4 Å². The van der Waals surface area contributed by atoms with Gasteiger partial charge in [-0.25, -0.2) is 17.6 Å². The molecule has 0 bridgehead atoms. The summed E-state index contributed by atoms with van der Waals surface area (Å²) in [6, 6.07) is 5.97. The second kappa shape index (κ2) is 7.71. The molecule has 8 nitrogen and oxygen atoms in total. The fourth-order valence-corrected chi connectivity index (χ4v) is 4.25. The highest BCUT2D eigenvalue weighted by Gasteiger charge is 2.51. The minimum absolute atomic E-state index is 0.132. The number of nitrogens with two attached hydrogens (primary N) is 1. The van der Waals surface area contributed by atoms with Gasteiger partial charge in [0.1, 0.15) is 23.4 Å². The van der Waals surface area contributed by atoms with E-state index in [9.17, 15) is 35.9 Å². The number of aliphatic hydroxyl groups excluding tert-OH is 1. The molecule has 1 aliphatic rings. The standard InChI is InChI=1S/C18H12F4N2O6S/c19-9-3-8(7-23)4-10(5-9)29-12-1-2-14(31(27,28)18(20,21)22)15-11(25)6-13(16(12)15)30-17(24)26/h1-5,11,13,25H,6H2,(H2,24,26)/t11-,13+/m0/s1. The quantitative estimate of drug-likeness (QED) is 0.667. The summed E-state index contributed by atoms with van der Waals surface area (Å²) in [6.45, 7) is 0. The second-order valence-corrected chi connectivity index (χ2v) is 8.31. The molecule has 3 rings (SSSR count). The number of benzene rings is 2. The molecule has 31 heavy (non-hydrogen) atoms. The van der Waals surface area contributed by atoms with Gasteiger partial charge in [0.2, 0.25) is 0 Å². The van der Waals surface area contributed by atoms with Crippen LogP contribution in [0.1, 0.15) is 35.3 Å². The lowest BCUT2D eigenvalue weighted by Crippen LogP contribution is -2.25. The van der Waals surface area contributed by atoms with Crippen LogP contribution in [0.4, 0.5) is 22.4 Å². The van der Waals surface area contributed by atoms with Crippen molar-refractivity contribution in [3.63, 3.8) is 0 Å². The first-order chi connectivity index (χ1) is 14.3. The van der Waals surface area contributed by atoms with Crippen molar-refractivity contribution in [3.05, 3.63) is 52.8 Å². The van der Waals surface area contributed by atoms with Gasteiger partial charge in [0.25, 0.3) is 9.84 Å². The Kier molecular flexibility index (Phi) is 5.55. The highest BCUT2D eigenvalue weighted by molar-refractivity contribution is 7.92. The van der Waals surface area contributed by atoms with Crippen LogP contribution in [0.2, 0.25) is 0 Å². The summed E-state index contributed by atoms with van der Waals surface area (Å²) in [7, 11) is -5.88. The number of halogens is 4. The maximum absolute atomic E-state index is 13.7. The normalized spacial score (nSPS) is 18.2. The third kappa shape index (κ3) is 4.12. The average Bonchev–Trinajstić information content (AvgIpc) is 2.96. The third-order valence-electron chi connectivity index (χ3n) is 4.38. The molecule has 0 aromatic heterocycles. The molecule has 0 radical (unpaired) electrons. The second-order valence-electron chi connectivity index (χ2n) is 6.40.